The minimum Gasteiger partial charge on any atom is -0.455 e. The van der Waals surface area contributed by atoms with Gasteiger partial charge in [0.25, 0.3) is 0 Å². The number of anilines is 3. The molecule has 2 heteroatoms. The van der Waals surface area contributed by atoms with Crippen molar-refractivity contribution in [3.8, 4) is 33.4 Å². The molecule has 0 bridgehead atoms. The van der Waals surface area contributed by atoms with Crippen LogP contribution in [0.1, 0.15) is 11.1 Å². The molecule has 1 aromatic heterocycles. The molecule has 0 spiro atoms. The van der Waals surface area contributed by atoms with Crippen LogP contribution in [0.3, 0.4) is 0 Å². The molecule has 1 heterocycles. The van der Waals surface area contributed by atoms with Crippen molar-refractivity contribution in [1.29, 1.82) is 0 Å². The zero-order chi connectivity index (χ0) is 35.0. The quantitative estimate of drug-likeness (QED) is 0.161. The molecular formula is C50H35NO. The molecule has 52 heavy (non-hydrogen) atoms. The molecule has 0 N–H and O–H groups in total. The lowest BCUT2D eigenvalue weighted by atomic mass is 9.94. The van der Waals surface area contributed by atoms with Gasteiger partial charge in [0, 0.05) is 38.7 Å². The van der Waals surface area contributed by atoms with Crippen LogP contribution >= 0.6 is 0 Å². The lowest BCUT2D eigenvalue weighted by Gasteiger charge is -2.29. The fraction of sp³-hybridized carbons (Fsp3) is 0. The number of hydrogen-bond donors (Lipinski definition) is 0. The molecule has 0 saturated carbocycles. The van der Waals surface area contributed by atoms with Crippen molar-refractivity contribution in [2.45, 2.75) is 0 Å². The van der Waals surface area contributed by atoms with E-state index < -0.39 is 0 Å². The fourth-order valence-electron chi connectivity index (χ4n) is 7.57. The van der Waals surface area contributed by atoms with Crippen molar-refractivity contribution >= 4 is 61.9 Å². The molecule has 9 rings (SSSR count). The number of furan rings is 1. The first-order chi connectivity index (χ1) is 25.7. The number of benzene rings is 8. The standard InChI is InChI=1S/C50H35NO/c1-3-34-19-14-26-42(41(34)4-2)38-21-13-23-40(33-38)51(39-22-12-20-37(32-39)35-16-6-5-7-17-35)48-29-11-10-25-44(48)45-27-15-28-46-47-31-30-36-18-8-9-24-43(36)49(47)52-50(45)46/h3-33H,1-2H2. The van der Waals surface area contributed by atoms with Crippen molar-refractivity contribution in [1.82, 2.24) is 0 Å². The van der Waals surface area contributed by atoms with Gasteiger partial charge in [-0.05, 0) is 75.2 Å². The highest BCUT2D eigenvalue weighted by atomic mass is 16.3. The van der Waals surface area contributed by atoms with E-state index >= 15 is 0 Å². The largest absolute Gasteiger partial charge is 0.455 e. The first-order valence-corrected chi connectivity index (χ1v) is 17.6. The third-order valence-corrected chi connectivity index (χ3v) is 10.0. The maximum absolute atomic E-state index is 6.86. The minimum absolute atomic E-state index is 0.880. The van der Waals surface area contributed by atoms with Crippen molar-refractivity contribution in [2.24, 2.45) is 0 Å². The molecule has 8 aromatic carbocycles. The molecular weight excluding hydrogens is 631 g/mol. The lowest BCUT2D eigenvalue weighted by Crippen LogP contribution is -2.11. The van der Waals surface area contributed by atoms with E-state index in [-0.39, 0.29) is 0 Å². The zero-order valence-electron chi connectivity index (χ0n) is 28.7. The van der Waals surface area contributed by atoms with E-state index in [0.29, 0.717) is 0 Å². The summed E-state index contributed by atoms with van der Waals surface area (Å²) in [6, 6.07) is 62.4. The van der Waals surface area contributed by atoms with Gasteiger partial charge in [0.05, 0.1) is 5.69 Å². The fourth-order valence-corrected chi connectivity index (χ4v) is 7.57. The van der Waals surface area contributed by atoms with Crippen LogP contribution in [0.15, 0.2) is 193 Å². The van der Waals surface area contributed by atoms with Crippen molar-refractivity contribution < 1.29 is 4.42 Å². The maximum Gasteiger partial charge on any atom is 0.143 e. The van der Waals surface area contributed by atoms with Gasteiger partial charge in [-0.25, -0.2) is 0 Å². The van der Waals surface area contributed by atoms with Gasteiger partial charge in [0.1, 0.15) is 11.2 Å². The number of hydrogen-bond acceptors (Lipinski definition) is 2. The molecule has 0 atom stereocenters. The third-order valence-electron chi connectivity index (χ3n) is 10.0. The number of fused-ring (bicyclic) bond motifs is 5. The number of para-hydroxylation sites is 2. The Morgan fingerprint density at radius 3 is 1.87 bits per heavy atom. The number of nitrogens with zero attached hydrogens (tertiary/aromatic N) is 1. The van der Waals surface area contributed by atoms with E-state index in [9.17, 15) is 0 Å². The van der Waals surface area contributed by atoms with Crippen LogP contribution in [0.4, 0.5) is 17.1 Å². The summed E-state index contributed by atoms with van der Waals surface area (Å²) in [5.41, 5.74) is 13.7. The van der Waals surface area contributed by atoms with Crippen LogP contribution in [0, 0.1) is 0 Å². The van der Waals surface area contributed by atoms with Crippen LogP contribution in [0.2, 0.25) is 0 Å². The van der Waals surface area contributed by atoms with Gasteiger partial charge in [0.2, 0.25) is 0 Å². The van der Waals surface area contributed by atoms with Crippen LogP contribution in [0.25, 0.3) is 78.2 Å². The molecule has 246 valence electrons. The van der Waals surface area contributed by atoms with E-state index in [4.69, 9.17) is 4.42 Å². The smallest absolute Gasteiger partial charge is 0.143 e. The third kappa shape index (κ3) is 5.30. The van der Waals surface area contributed by atoms with Gasteiger partial charge in [0.15, 0.2) is 0 Å². The van der Waals surface area contributed by atoms with Gasteiger partial charge in [-0.2, -0.15) is 0 Å². The first-order valence-electron chi connectivity index (χ1n) is 17.6. The van der Waals surface area contributed by atoms with E-state index in [2.05, 4.69) is 194 Å². The number of rotatable bonds is 8. The minimum atomic E-state index is 0.880. The molecule has 0 amide bonds. The predicted molar refractivity (Wildman–Crippen MR) is 222 cm³/mol. The Morgan fingerprint density at radius 2 is 1.04 bits per heavy atom. The summed E-state index contributed by atoms with van der Waals surface area (Å²) < 4.78 is 6.86. The highest BCUT2D eigenvalue weighted by Gasteiger charge is 2.22. The molecule has 0 fully saturated rings. The molecule has 0 unspecified atom stereocenters. The monoisotopic (exact) mass is 665 g/mol. The first kappa shape index (κ1) is 31.1. The summed E-state index contributed by atoms with van der Waals surface area (Å²) in [5, 5.41) is 4.50. The summed E-state index contributed by atoms with van der Waals surface area (Å²) in [4.78, 5) is 2.37. The summed E-state index contributed by atoms with van der Waals surface area (Å²) >= 11 is 0. The summed E-state index contributed by atoms with van der Waals surface area (Å²) in [6.07, 6.45) is 3.82. The van der Waals surface area contributed by atoms with E-state index in [1.807, 2.05) is 12.2 Å². The molecule has 2 nitrogen and oxygen atoms in total. The van der Waals surface area contributed by atoms with Crippen LogP contribution in [0.5, 0.6) is 0 Å². The summed E-state index contributed by atoms with van der Waals surface area (Å²) in [6.45, 7) is 8.21. The van der Waals surface area contributed by atoms with Crippen LogP contribution < -0.4 is 4.90 Å². The second-order valence-corrected chi connectivity index (χ2v) is 13.0. The molecule has 0 aliphatic carbocycles. The van der Waals surface area contributed by atoms with Crippen LogP contribution in [-0.2, 0) is 0 Å². The van der Waals surface area contributed by atoms with Crippen molar-refractivity contribution in [3.63, 3.8) is 0 Å². The summed E-state index contributed by atoms with van der Waals surface area (Å²) in [7, 11) is 0. The van der Waals surface area contributed by atoms with Gasteiger partial charge in [-0.3, -0.25) is 0 Å². The molecule has 0 radical (unpaired) electrons. The molecule has 9 aromatic rings. The highest BCUT2D eigenvalue weighted by molar-refractivity contribution is 6.17. The molecule has 0 aliphatic heterocycles. The SMILES string of the molecule is C=Cc1cccc(-c2cccc(N(c3cccc(-c4ccccc4)c3)c3ccccc3-c3cccc4c3oc3c5ccccc5ccc43)c2)c1C=C. The Labute approximate surface area is 303 Å². The van der Waals surface area contributed by atoms with Gasteiger partial charge < -0.3 is 9.32 Å². The van der Waals surface area contributed by atoms with Gasteiger partial charge >= 0.3 is 0 Å². The van der Waals surface area contributed by atoms with E-state index in [1.54, 1.807) is 0 Å². The van der Waals surface area contributed by atoms with E-state index in [1.165, 1.54) is 10.9 Å². The average Bonchev–Trinajstić information content (AvgIpc) is 3.61. The second kappa shape index (κ2) is 13.1. The Balaban J connectivity index is 1.29. The Kier molecular flexibility index (Phi) is 7.83. The van der Waals surface area contributed by atoms with Crippen LogP contribution in [-0.4, -0.2) is 0 Å². The average molecular weight is 666 g/mol. The van der Waals surface area contributed by atoms with Gasteiger partial charge in [-0.15, -0.1) is 0 Å². The van der Waals surface area contributed by atoms with Crippen molar-refractivity contribution in [3.05, 3.63) is 200 Å². The Hall–Kier alpha value is -6.90. The maximum atomic E-state index is 6.86. The zero-order valence-corrected chi connectivity index (χ0v) is 28.7. The van der Waals surface area contributed by atoms with Gasteiger partial charge in [-0.1, -0.05) is 165 Å². The predicted octanol–water partition coefficient (Wildman–Crippen LogP) is 14.5. The van der Waals surface area contributed by atoms with E-state index in [0.717, 1.165) is 83.3 Å². The lowest BCUT2D eigenvalue weighted by molar-refractivity contribution is 0.674. The Bertz CT molecular complexity index is 2790. The molecule has 0 saturated heterocycles. The normalized spacial score (nSPS) is 11.2. The summed E-state index contributed by atoms with van der Waals surface area (Å²) in [5.74, 6) is 0. The second-order valence-electron chi connectivity index (χ2n) is 13.0. The highest BCUT2D eigenvalue weighted by Crippen LogP contribution is 2.46. The molecule has 0 aliphatic rings. The Morgan fingerprint density at radius 1 is 0.423 bits per heavy atom. The topological polar surface area (TPSA) is 16.4 Å². The van der Waals surface area contributed by atoms with Crippen molar-refractivity contribution in [2.75, 3.05) is 4.90 Å².